The van der Waals surface area contributed by atoms with Crippen molar-refractivity contribution in [1.82, 2.24) is 9.97 Å². The highest BCUT2D eigenvalue weighted by atomic mass is 19.4. The molecular formula is C20H21F3N4O. The van der Waals surface area contributed by atoms with Crippen molar-refractivity contribution in [3.63, 3.8) is 0 Å². The number of carbonyl (C=O) groups is 1. The zero-order valence-corrected chi connectivity index (χ0v) is 15.5. The predicted octanol–water partition coefficient (Wildman–Crippen LogP) is 3.83. The molecule has 0 bridgehead atoms. The van der Waals surface area contributed by atoms with Crippen molar-refractivity contribution in [2.24, 2.45) is 5.41 Å². The topological polar surface area (TPSA) is 49.3 Å². The highest BCUT2D eigenvalue weighted by molar-refractivity contribution is 6.00. The number of amides is 1. The van der Waals surface area contributed by atoms with Gasteiger partial charge in [-0.3, -0.25) is 9.78 Å². The molecule has 1 amide bonds. The molecule has 0 unspecified atom stereocenters. The first kappa shape index (κ1) is 18.7. The molecule has 0 aliphatic carbocycles. The number of aromatic nitrogens is 2. The number of piperidine rings is 1. The van der Waals surface area contributed by atoms with Gasteiger partial charge in [-0.1, -0.05) is 0 Å². The monoisotopic (exact) mass is 390 g/mol. The zero-order chi connectivity index (χ0) is 19.9. The Morgan fingerprint density at radius 2 is 1.93 bits per heavy atom. The van der Waals surface area contributed by atoms with Crippen molar-refractivity contribution in [3.8, 4) is 0 Å². The molecule has 2 fully saturated rings. The standard InChI is InChI=1S/C20H21F3N4O/c1-14-5-8-24-12-16(14)27-10-7-19(18(27)28)6-2-9-26(13-19)17-4-3-15(11-25-17)20(21,22)23/h3-5,8,11-12H,2,6-7,9-10,13H2,1H3/t19-/m1/s1. The van der Waals surface area contributed by atoms with Crippen molar-refractivity contribution in [1.29, 1.82) is 0 Å². The third-order valence-electron chi connectivity index (χ3n) is 5.79. The number of pyridine rings is 2. The van der Waals surface area contributed by atoms with Crippen molar-refractivity contribution < 1.29 is 18.0 Å². The van der Waals surface area contributed by atoms with Gasteiger partial charge in [0.25, 0.3) is 0 Å². The van der Waals surface area contributed by atoms with Gasteiger partial charge in [-0.25, -0.2) is 4.98 Å². The second-order valence-electron chi connectivity index (χ2n) is 7.58. The molecule has 2 aromatic rings. The number of aryl methyl sites for hydroxylation is 1. The molecule has 0 aromatic carbocycles. The summed E-state index contributed by atoms with van der Waals surface area (Å²) in [7, 11) is 0. The minimum absolute atomic E-state index is 0.0696. The normalized spacial score (nSPS) is 22.9. The van der Waals surface area contributed by atoms with Gasteiger partial charge in [-0.2, -0.15) is 13.2 Å². The summed E-state index contributed by atoms with van der Waals surface area (Å²) in [5, 5.41) is 0. The van der Waals surface area contributed by atoms with Gasteiger partial charge in [0.05, 0.1) is 22.9 Å². The summed E-state index contributed by atoms with van der Waals surface area (Å²) in [6.07, 6.45) is 2.17. The van der Waals surface area contributed by atoms with Crippen molar-refractivity contribution in [3.05, 3.63) is 47.9 Å². The summed E-state index contributed by atoms with van der Waals surface area (Å²) in [6, 6.07) is 4.32. The minimum Gasteiger partial charge on any atom is -0.356 e. The first-order valence-corrected chi connectivity index (χ1v) is 9.31. The molecule has 2 aromatic heterocycles. The van der Waals surface area contributed by atoms with Crippen LogP contribution in [0.4, 0.5) is 24.7 Å². The third-order valence-corrected chi connectivity index (χ3v) is 5.79. The van der Waals surface area contributed by atoms with Crippen LogP contribution in [0.5, 0.6) is 0 Å². The van der Waals surface area contributed by atoms with Gasteiger partial charge < -0.3 is 9.80 Å². The van der Waals surface area contributed by atoms with Crippen LogP contribution in [0, 0.1) is 12.3 Å². The van der Waals surface area contributed by atoms with Crippen LogP contribution in [-0.4, -0.2) is 35.5 Å². The first-order valence-electron chi connectivity index (χ1n) is 9.31. The summed E-state index contributed by atoms with van der Waals surface area (Å²) in [6.45, 7) is 3.73. The van der Waals surface area contributed by atoms with E-state index in [1.807, 2.05) is 17.9 Å². The lowest BCUT2D eigenvalue weighted by atomic mass is 9.78. The van der Waals surface area contributed by atoms with E-state index in [-0.39, 0.29) is 5.91 Å². The molecule has 28 heavy (non-hydrogen) atoms. The maximum atomic E-state index is 13.3. The third kappa shape index (κ3) is 3.21. The lowest BCUT2D eigenvalue weighted by molar-refractivity contribution is -0.137. The van der Waals surface area contributed by atoms with Crippen LogP contribution < -0.4 is 9.80 Å². The largest absolute Gasteiger partial charge is 0.417 e. The molecule has 4 heterocycles. The van der Waals surface area contributed by atoms with E-state index in [2.05, 4.69) is 9.97 Å². The molecule has 8 heteroatoms. The number of hydrogen-bond acceptors (Lipinski definition) is 4. The number of carbonyl (C=O) groups excluding carboxylic acids is 1. The van der Waals surface area contributed by atoms with Crippen LogP contribution in [0.1, 0.15) is 30.4 Å². The van der Waals surface area contributed by atoms with Crippen LogP contribution in [0.15, 0.2) is 36.8 Å². The fourth-order valence-corrected chi connectivity index (χ4v) is 4.24. The number of rotatable bonds is 2. The van der Waals surface area contributed by atoms with E-state index in [1.165, 1.54) is 6.07 Å². The van der Waals surface area contributed by atoms with Crippen LogP contribution in [0.2, 0.25) is 0 Å². The van der Waals surface area contributed by atoms with Gasteiger partial charge in [-0.05, 0) is 49.9 Å². The summed E-state index contributed by atoms with van der Waals surface area (Å²) >= 11 is 0. The number of anilines is 2. The van der Waals surface area contributed by atoms with E-state index in [4.69, 9.17) is 0 Å². The Kier molecular flexibility index (Phi) is 4.51. The molecule has 4 rings (SSSR count). The second-order valence-corrected chi connectivity index (χ2v) is 7.58. The summed E-state index contributed by atoms with van der Waals surface area (Å²) in [5.74, 6) is 0.552. The Bertz CT molecular complexity index is 884. The molecule has 0 N–H and O–H groups in total. The van der Waals surface area contributed by atoms with Gasteiger partial charge in [-0.15, -0.1) is 0 Å². The zero-order valence-electron chi connectivity index (χ0n) is 15.5. The molecule has 148 valence electrons. The van der Waals surface area contributed by atoms with E-state index < -0.39 is 17.2 Å². The number of halogens is 3. The van der Waals surface area contributed by atoms with Crippen LogP contribution in [0.3, 0.4) is 0 Å². The highest BCUT2D eigenvalue weighted by Crippen LogP contribution is 2.43. The van der Waals surface area contributed by atoms with E-state index in [1.54, 1.807) is 17.3 Å². The summed E-state index contributed by atoms with van der Waals surface area (Å²) in [4.78, 5) is 25.2. The lowest BCUT2D eigenvalue weighted by Gasteiger charge is -2.39. The average molecular weight is 390 g/mol. The molecule has 1 spiro atoms. The van der Waals surface area contributed by atoms with E-state index >= 15 is 0 Å². The van der Waals surface area contributed by atoms with Crippen molar-refractivity contribution in [2.75, 3.05) is 29.4 Å². The van der Waals surface area contributed by atoms with Crippen LogP contribution in [-0.2, 0) is 11.0 Å². The van der Waals surface area contributed by atoms with Gasteiger partial charge in [0, 0.05) is 32.0 Å². The van der Waals surface area contributed by atoms with Crippen LogP contribution >= 0.6 is 0 Å². The Morgan fingerprint density at radius 3 is 2.61 bits per heavy atom. The van der Waals surface area contributed by atoms with Crippen LogP contribution in [0.25, 0.3) is 0 Å². The lowest BCUT2D eigenvalue weighted by Crippen LogP contribution is -2.48. The van der Waals surface area contributed by atoms with Gasteiger partial charge in [0.1, 0.15) is 5.82 Å². The number of alkyl halides is 3. The first-order chi connectivity index (χ1) is 13.3. The predicted molar refractivity (Wildman–Crippen MR) is 99.1 cm³/mol. The Hall–Kier alpha value is -2.64. The smallest absolute Gasteiger partial charge is 0.356 e. The molecule has 2 saturated heterocycles. The van der Waals surface area contributed by atoms with E-state index in [9.17, 15) is 18.0 Å². The van der Waals surface area contributed by atoms with E-state index in [0.717, 1.165) is 42.8 Å². The van der Waals surface area contributed by atoms with Crippen molar-refractivity contribution in [2.45, 2.75) is 32.4 Å². The molecule has 0 saturated carbocycles. The molecule has 2 aliphatic heterocycles. The highest BCUT2D eigenvalue weighted by Gasteiger charge is 2.49. The maximum Gasteiger partial charge on any atom is 0.417 e. The Labute approximate surface area is 161 Å². The molecule has 0 radical (unpaired) electrons. The fraction of sp³-hybridized carbons (Fsp3) is 0.450. The van der Waals surface area contributed by atoms with Crippen molar-refractivity contribution >= 4 is 17.4 Å². The molecule has 5 nitrogen and oxygen atoms in total. The number of nitrogens with zero attached hydrogens (tertiary/aromatic N) is 4. The molecule has 2 aliphatic rings. The molecular weight excluding hydrogens is 369 g/mol. The quantitative estimate of drug-likeness (QED) is 0.782. The van der Waals surface area contributed by atoms with Gasteiger partial charge >= 0.3 is 6.18 Å². The minimum atomic E-state index is -4.40. The van der Waals surface area contributed by atoms with Gasteiger partial charge in [0.15, 0.2) is 0 Å². The SMILES string of the molecule is Cc1ccncc1N1CC[C@@]2(CCCN(c3ccc(C(F)(F)F)cn3)C2)C1=O. The van der Waals surface area contributed by atoms with Gasteiger partial charge in [0.2, 0.25) is 5.91 Å². The second kappa shape index (κ2) is 6.76. The fourth-order valence-electron chi connectivity index (χ4n) is 4.24. The summed E-state index contributed by atoms with van der Waals surface area (Å²) in [5.41, 5.74) is 0.537. The average Bonchev–Trinajstić information content (AvgIpc) is 2.97. The molecule has 1 atom stereocenters. The van der Waals surface area contributed by atoms with E-state index in [0.29, 0.717) is 25.5 Å². The Balaban J connectivity index is 1.55. The maximum absolute atomic E-state index is 13.3. The summed E-state index contributed by atoms with van der Waals surface area (Å²) < 4.78 is 38.3. The number of hydrogen-bond donors (Lipinski definition) is 0. The Morgan fingerprint density at radius 1 is 1.11 bits per heavy atom.